The first kappa shape index (κ1) is 19.7. The largest absolute Gasteiger partial charge is 0.440 e. The van der Waals surface area contributed by atoms with Crippen LogP contribution in [0.3, 0.4) is 0 Å². The summed E-state index contributed by atoms with van der Waals surface area (Å²) in [6.45, 7) is 3.85. The van der Waals surface area contributed by atoms with Crippen LogP contribution in [0.15, 0.2) is 48.8 Å². The zero-order valence-corrected chi connectivity index (χ0v) is 16.3. The average Bonchev–Trinajstić information content (AvgIpc) is 3.02. The minimum absolute atomic E-state index is 0.0361. The molecule has 2 aromatic heterocycles. The summed E-state index contributed by atoms with van der Waals surface area (Å²) in [5.74, 6) is 0.981. The number of carbonyl (C=O) groups excluding carboxylic acids is 1. The molecule has 0 saturated carbocycles. The summed E-state index contributed by atoms with van der Waals surface area (Å²) in [5, 5.41) is 7.84. The zero-order chi connectivity index (χ0) is 20.1. The summed E-state index contributed by atoms with van der Waals surface area (Å²) in [6, 6.07) is 10.9. The number of pyridine rings is 1. The summed E-state index contributed by atoms with van der Waals surface area (Å²) in [7, 11) is 0. The van der Waals surface area contributed by atoms with Gasteiger partial charge >= 0.3 is 6.09 Å². The van der Waals surface area contributed by atoms with Crippen molar-refractivity contribution in [2.45, 2.75) is 26.4 Å². The molecule has 0 aliphatic rings. The van der Waals surface area contributed by atoms with E-state index in [9.17, 15) is 4.79 Å². The lowest BCUT2D eigenvalue weighted by molar-refractivity contribution is 0.0751. The fourth-order valence-electron chi connectivity index (χ4n) is 2.84. The van der Waals surface area contributed by atoms with E-state index in [-0.39, 0.29) is 5.92 Å². The minimum Gasteiger partial charge on any atom is -0.440 e. The molecule has 0 saturated heterocycles. The van der Waals surface area contributed by atoms with Gasteiger partial charge in [0.25, 0.3) is 0 Å². The summed E-state index contributed by atoms with van der Waals surface area (Å²) < 4.78 is 11.3. The molecule has 0 bridgehead atoms. The lowest BCUT2D eigenvalue weighted by Gasteiger charge is -2.20. The van der Waals surface area contributed by atoms with Gasteiger partial charge in [0.15, 0.2) is 6.10 Å². The Morgan fingerprint density at radius 1 is 1.25 bits per heavy atom. The lowest BCUT2D eigenvalue weighted by atomic mass is 9.97. The number of hydrogen-bond donors (Lipinski definition) is 2. The second-order valence-electron chi connectivity index (χ2n) is 6.61. The highest BCUT2D eigenvalue weighted by Gasteiger charge is 2.28. The number of ether oxygens (including phenoxy) is 2. The molecule has 28 heavy (non-hydrogen) atoms. The van der Waals surface area contributed by atoms with Gasteiger partial charge in [0.05, 0.1) is 0 Å². The van der Waals surface area contributed by atoms with E-state index in [1.807, 2.05) is 26.0 Å². The SMILES string of the molecule is CC(C)C(OC(N)=O)c1n[nH]c(Oc2cccc(Cl)c2)c1Cc1ccncc1. The Bertz CT molecular complexity index is 944. The van der Waals surface area contributed by atoms with Crippen LogP contribution in [0.4, 0.5) is 4.79 Å². The molecule has 1 aromatic carbocycles. The Morgan fingerprint density at radius 2 is 2.00 bits per heavy atom. The number of nitrogens with one attached hydrogen (secondary N) is 1. The first-order chi connectivity index (χ1) is 13.4. The van der Waals surface area contributed by atoms with E-state index in [1.54, 1.807) is 36.7 Å². The topological polar surface area (TPSA) is 103 Å². The van der Waals surface area contributed by atoms with Crippen molar-refractivity contribution in [3.05, 3.63) is 70.6 Å². The molecule has 3 N–H and O–H groups in total. The molecule has 2 heterocycles. The van der Waals surface area contributed by atoms with Gasteiger partial charge in [0, 0.05) is 29.4 Å². The molecule has 0 aliphatic heterocycles. The predicted octanol–water partition coefficient (Wildman–Crippen LogP) is 4.63. The maximum Gasteiger partial charge on any atom is 0.405 e. The number of aromatic amines is 1. The molecule has 1 atom stereocenters. The van der Waals surface area contributed by atoms with E-state index >= 15 is 0 Å². The third kappa shape index (κ3) is 4.80. The fraction of sp³-hybridized carbons (Fsp3) is 0.250. The molecule has 8 heteroatoms. The maximum atomic E-state index is 11.4. The fourth-order valence-corrected chi connectivity index (χ4v) is 3.02. The van der Waals surface area contributed by atoms with Crippen molar-refractivity contribution >= 4 is 17.7 Å². The average molecular weight is 401 g/mol. The third-order valence-corrected chi connectivity index (χ3v) is 4.36. The summed E-state index contributed by atoms with van der Waals surface area (Å²) in [6.07, 6.45) is 2.48. The Hall–Kier alpha value is -3.06. The third-order valence-electron chi connectivity index (χ3n) is 4.13. The molecule has 1 amide bonds. The second-order valence-corrected chi connectivity index (χ2v) is 7.05. The van der Waals surface area contributed by atoms with Crippen LogP contribution < -0.4 is 10.5 Å². The van der Waals surface area contributed by atoms with E-state index in [0.29, 0.717) is 28.8 Å². The second kappa shape index (κ2) is 8.75. The number of nitrogens with two attached hydrogens (primary N) is 1. The first-order valence-corrected chi connectivity index (χ1v) is 9.17. The van der Waals surface area contributed by atoms with Crippen molar-refractivity contribution in [2.75, 3.05) is 0 Å². The van der Waals surface area contributed by atoms with E-state index in [4.69, 9.17) is 26.8 Å². The predicted molar refractivity (Wildman–Crippen MR) is 105 cm³/mol. The van der Waals surface area contributed by atoms with Crippen LogP contribution in [0.25, 0.3) is 0 Å². The van der Waals surface area contributed by atoms with Crippen molar-refractivity contribution in [2.24, 2.45) is 11.7 Å². The number of primary amides is 1. The Morgan fingerprint density at radius 3 is 2.64 bits per heavy atom. The van der Waals surface area contributed by atoms with Crippen LogP contribution in [-0.4, -0.2) is 21.3 Å². The number of H-pyrrole nitrogens is 1. The molecule has 3 aromatic rings. The van der Waals surface area contributed by atoms with E-state index in [1.165, 1.54) is 0 Å². The van der Waals surface area contributed by atoms with Crippen LogP contribution in [-0.2, 0) is 11.2 Å². The first-order valence-electron chi connectivity index (χ1n) is 8.79. The van der Waals surface area contributed by atoms with Gasteiger partial charge in [-0.3, -0.25) is 4.98 Å². The highest BCUT2D eigenvalue weighted by Crippen LogP contribution is 2.35. The smallest absolute Gasteiger partial charge is 0.405 e. The van der Waals surface area contributed by atoms with Crippen molar-refractivity contribution in [1.82, 2.24) is 15.2 Å². The van der Waals surface area contributed by atoms with E-state index in [2.05, 4.69) is 15.2 Å². The highest BCUT2D eigenvalue weighted by atomic mass is 35.5. The molecule has 0 radical (unpaired) electrons. The van der Waals surface area contributed by atoms with Crippen molar-refractivity contribution in [3.63, 3.8) is 0 Å². The summed E-state index contributed by atoms with van der Waals surface area (Å²) in [5.41, 5.74) is 7.62. The van der Waals surface area contributed by atoms with Gasteiger partial charge in [-0.2, -0.15) is 5.10 Å². The molecular weight excluding hydrogens is 380 g/mol. The quantitative estimate of drug-likeness (QED) is 0.601. The van der Waals surface area contributed by atoms with Gasteiger partial charge in [-0.25, -0.2) is 9.89 Å². The number of hydrogen-bond acceptors (Lipinski definition) is 5. The van der Waals surface area contributed by atoms with Gasteiger partial charge in [-0.15, -0.1) is 0 Å². The summed E-state index contributed by atoms with van der Waals surface area (Å²) >= 11 is 6.05. The van der Waals surface area contributed by atoms with Gasteiger partial charge in [0.2, 0.25) is 5.88 Å². The van der Waals surface area contributed by atoms with Crippen molar-refractivity contribution in [3.8, 4) is 11.6 Å². The molecule has 0 fully saturated rings. The Kier molecular flexibility index (Phi) is 6.16. The molecule has 1 unspecified atom stereocenters. The normalized spacial score (nSPS) is 12.0. The number of benzene rings is 1. The van der Waals surface area contributed by atoms with Gasteiger partial charge < -0.3 is 15.2 Å². The maximum absolute atomic E-state index is 11.4. The number of halogens is 1. The van der Waals surface area contributed by atoms with Crippen molar-refractivity contribution < 1.29 is 14.3 Å². The lowest BCUT2D eigenvalue weighted by Crippen LogP contribution is -2.22. The van der Waals surface area contributed by atoms with Gasteiger partial charge in [-0.05, 0) is 41.8 Å². The Labute approximate surface area is 167 Å². The van der Waals surface area contributed by atoms with Crippen LogP contribution in [0.2, 0.25) is 5.02 Å². The van der Waals surface area contributed by atoms with E-state index in [0.717, 1.165) is 11.1 Å². The minimum atomic E-state index is -0.853. The highest BCUT2D eigenvalue weighted by molar-refractivity contribution is 6.30. The standard InChI is InChI=1S/C20H21ClN4O3/c1-12(2)18(28-20(22)26)17-16(10-13-6-8-23-9-7-13)19(25-24-17)27-15-5-3-4-14(21)11-15/h3-9,11-12,18H,10H2,1-2H3,(H2,22,26)(H,24,25). The summed E-state index contributed by atoms with van der Waals surface area (Å²) in [4.78, 5) is 15.4. The van der Waals surface area contributed by atoms with Crippen LogP contribution >= 0.6 is 11.6 Å². The number of nitrogens with zero attached hydrogens (tertiary/aromatic N) is 2. The number of aromatic nitrogens is 3. The number of rotatable bonds is 7. The monoisotopic (exact) mass is 400 g/mol. The van der Waals surface area contributed by atoms with E-state index < -0.39 is 12.2 Å². The number of amides is 1. The van der Waals surface area contributed by atoms with Crippen LogP contribution in [0, 0.1) is 5.92 Å². The molecule has 0 spiro atoms. The van der Waals surface area contributed by atoms with Crippen LogP contribution in [0.1, 0.15) is 36.8 Å². The van der Waals surface area contributed by atoms with Crippen LogP contribution in [0.5, 0.6) is 11.6 Å². The molecule has 7 nitrogen and oxygen atoms in total. The zero-order valence-electron chi connectivity index (χ0n) is 15.6. The molecule has 3 rings (SSSR count). The Balaban J connectivity index is 2.01. The molecular formula is C20H21ClN4O3. The van der Waals surface area contributed by atoms with Gasteiger partial charge in [-0.1, -0.05) is 31.5 Å². The van der Waals surface area contributed by atoms with Crippen molar-refractivity contribution in [1.29, 1.82) is 0 Å². The molecule has 146 valence electrons. The molecule has 0 aliphatic carbocycles. The number of carbonyl (C=O) groups is 1. The van der Waals surface area contributed by atoms with Gasteiger partial charge in [0.1, 0.15) is 11.4 Å².